The van der Waals surface area contributed by atoms with Gasteiger partial charge in [0.1, 0.15) is 12.1 Å². The fourth-order valence-electron chi connectivity index (χ4n) is 4.90. The first kappa shape index (κ1) is 16.0. The molecule has 2 aromatic heterocycles. The first-order valence-corrected chi connectivity index (χ1v) is 9.09. The highest BCUT2D eigenvalue weighted by Gasteiger charge is 2.53. The van der Waals surface area contributed by atoms with Gasteiger partial charge >= 0.3 is 0 Å². The summed E-state index contributed by atoms with van der Waals surface area (Å²) in [6.45, 7) is 0.0655. The third-order valence-corrected chi connectivity index (χ3v) is 6.04. The molecule has 0 saturated carbocycles. The highest BCUT2D eigenvalue weighted by atomic mass is 19.3. The van der Waals surface area contributed by atoms with E-state index in [1.807, 2.05) is 0 Å². The van der Waals surface area contributed by atoms with E-state index in [0.29, 0.717) is 35.6 Å². The molecule has 2 bridgehead atoms. The maximum atomic E-state index is 13.2. The molecule has 0 aliphatic carbocycles. The number of fused-ring (bicyclic) bond motifs is 3. The lowest BCUT2D eigenvalue weighted by Gasteiger charge is -2.36. The van der Waals surface area contributed by atoms with E-state index >= 15 is 0 Å². The van der Waals surface area contributed by atoms with Crippen molar-refractivity contribution < 1.29 is 13.6 Å². The number of halogens is 2. The van der Waals surface area contributed by atoms with E-state index in [-0.39, 0.29) is 11.3 Å². The second-order valence-electron chi connectivity index (χ2n) is 7.69. The fourth-order valence-corrected chi connectivity index (χ4v) is 4.90. The Kier molecular flexibility index (Phi) is 3.50. The molecule has 1 spiro atoms. The van der Waals surface area contributed by atoms with Crippen LogP contribution in [0.1, 0.15) is 32.1 Å². The zero-order chi connectivity index (χ0) is 17.9. The Bertz CT molecular complexity index is 856. The molecule has 3 fully saturated rings. The lowest BCUT2D eigenvalue weighted by Crippen LogP contribution is -2.48. The summed E-state index contributed by atoms with van der Waals surface area (Å²) < 4.78 is 26.6. The van der Waals surface area contributed by atoms with Gasteiger partial charge in [-0.15, -0.1) is 0 Å². The Hall–Kier alpha value is -2.16. The molecule has 26 heavy (non-hydrogen) atoms. The van der Waals surface area contributed by atoms with Crippen LogP contribution in [-0.4, -0.2) is 50.7 Å². The minimum absolute atomic E-state index is 0.101. The van der Waals surface area contributed by atoms with Crippen LogP contribution in [0.2, 0.25) is 0 Å². The van der Waals surface area contributed by atoms with E-state index in [1.54, 1.807) is 11.1 Å². The molecule has 3 aliphatic rings. The van der Waals surface area contributed by atoms with Crippen LogP contribution >= 0.6 is 0 Å². The van der Waals surface area contributed by atoms with Crippen molar-refractivity contribution in [2.45, 2.75) is 57.2 Å². The van der Waals surface area contributed by atoms with E-state index in [9.17, 15) is 13.6 Å². The SMILES string of the molecule is O=C1N(c2cnc3cnn(CC(F)F)c3n2)CCC12CC1CCC(C2)N1. The third kappa shape index (κ3) is 2.40. The van der Waals surface area contributed by atoms with Crippen molar-refractivity contribution in [3.05, 3.63) is 12.4 Å². The lowest BCUT2D eigenvalue weighted by atomic mass is 9.74. The molecule has 9 heteroatoms. The number of alkyl halides is 2. The van der Waals surface area contributed by atoms with Gasteiger partial charge < -0.3 is 5.32 Å². The molecule has 2 atom stereocenters. The van der Waals surface area contributed by atoms with E-state index in [4.69, 9.17) is 0 Å². The standard InChI is InChI=1S/C17H20F2N6O/c18-13(19)9-25-15-12(7-21-25)20-8-14(23-15)24-4-3-17(16(24)26)5-10-1-2-11(6-17)22-10/h7-8,10-11,13,22H,1-6,9H2. The van der Waals surface area contributed by atoms with Gasteiger partial charge in [-0.1, -0.05) is 0 Å². The number of aromatic nitrogens is 4. The normalized spacial score (nSPS) is 31.0. The smallest absolute Gasteiger partial charge is 0.258 e. The highest BCUT2D eigenvalue weighted by molar-refractivity contribution is 5.99. The zero-order valence-corrected chi connectivity index (χ0v) is 14.2. The fraction of sp³-hybridized carbons (Fsp3) is 0.647. The molecule has 2 unspecified atom stereocenters. The Morgan fingerprint density at radius 3 is 2.77 bits per heavy atom. The van der Waals surface area contributed by atoms with Crippen molar-refractivity contribution in [1.82, 2.24) is 25.1 Å². The number of carbonyl (C=O) groups excluding carboxylic acids is 1. The Labute approximate surface area is 148 Å². The maximum Gasteiger partial charge on any atom is 0.258 e. The predicted octanol–water partition coefficient (Wildman–Crippen LogP) is 1.73. The number of nitrogens with one attached hydrogen (secondary N) is 1. The number of anilines is 1. The van der Waals surface area contributed by atoms with Gasteiger partial charge in [-0.3, -0.25) is 9.69 Å². The minimum atomic E-state index is -2.52. The molecule has 7 nitrogen and oxygen atoms in total. The summed E-state index contributed by atoms with van der Waals surface area (Å²) in [6, 6.07) is 0.859. The van der Waals surface area contributed by atoms with Gasteiger partial charge in [-0.2, -0.15) is 5.10 Å². The van der Waals surface area contributed by atoms with Crippen molar-refractivity contribution in [3.63, 3.8) is 0 Å². The Morgan fingerprint density at radius 1 is 1.27 bits per heavy atom. The third-order valence-electron chi connectivity index (χ3n) is 6.04. The number of nitrogens with zero attached hydrogens (tertiary/aromatic N) is 5. The monoisotopic (exact) mass is 362 g/mol. The molecular formula is C17H20F2N6O. The quantitative estimate of drug-likeness (QED) is 0.900. The molecule has 5 heterocycles. The average molecular weight is 362 g/mol. The lowest BCUT2D eigenvalue weighted by molar-refractivity contribution is -0.127. The van der Waals surface area contributed by atoms with Gasteiger partial charge in [0.15, 0.2) is 11.5 Å². The second-order valence-corrected chi connectivity index (χ2v) is 7.69. The summed E-state index contributed by atoms with van der Waals surface area (Å²) in [5.41, 5.74) is 0.439. The first-order chi connectivity index (χ1) is 12.5. The van der Waals surface area contributed by atoms with Gasteiger partial charge in [0.2, 0.25) is 5.91 Å². The molecule has 1 amide bonds. The summed E-state index contributed by atoms with van der Waals surface area (Å²) in [5.74, 6) is 0.533. The molecule has 0 radical (unpaired) electrons. The van der Waals surface area contributed by atoms with E-state index < -0.39 is 13.0 Å². The van der Waals surface area contributed by atoms with Crippen LogP contribution < -0.4 is 10.2 Å². The van der Waals surface area contributed by atoms with Crippen molar-refractivity contribution in [1.29, 1.82) is 0 Å². The van der Waals surface area contributed by atoms with E-state index in [2.05, 4.69) is 20.4 Å². The Balaban J connectivity index is 1.46. The molecule has 0 aromatic carbocycles. The average Bonchev–Trinajstić information content (AvgIpc) is 3.25. The zero-order valence-electron chi connectivity index (χ0n) is 14.2. The van der Waals surface area contributed by atoms with Crippen LogP contribution in [-0.2, 0) is 11.3 Å². The van der Waals surface area contributed by atoms with Crippen LogP contribution in [0.15, 0.2) is 12.4 Å². The summed E-state index contributed by atoms with van der Waals surface area (Å²) in [7, 11) is 0. The number of amides is 1. The van der Waals surface area contributed by atoms with E-state index in [0.717, 1.165) is 36.8 Å². The van der Waals surface area contributed by atoms with Gasteiger partial charge in [0.05, 0.1) is 17.8 Å². The number of rotatable bonds is 3. The number of piperidine rings is 1. The first-order valence-electron chi connectivity index (χ1n) is 9.09. The predicted molar refractivity (Wildman–Crippen MR) is 89.9 cm³/mol. The van der Waals surface area contributed by atoms with Crippen molar-refractivity contribution >= 4 is 22.9 Å². The summed E-state index contributed by atoms with van der Waals surface area (Å²) in [5, 5.41) is 7.52. The Morgan fingerprint density at radius 2 is 2.04 bits per heavy atom. The van der Waals surface area contributed by atoms with E-state index in [1.165, 1.54) is 6.20 Å². The van der Waals surface area contributed by atoms with Gasteiger partial charge in [-0.25, -0.2) is 23.4 Å². The molecule has 5 rings (SSSR count). The maximum absolute atomic E-state index is 13.2. The van der Waals surface area contributed by atoms with Gasteiger partial charge in [0, 0.05) is 18.6 Å². The topological polar surface area (TPSA) is 75.9 Å². The minimum Gasteiger partial charge on any atom is -0.311 e. The number of hydrogen-bond acceptors (Lipinski definition) is 5. The molecule has 1 N–H and O–H groups in total. The van der Waals surface area contributed by atoms with Crippen molar-refractivity contribution in [3.8, 4) is 0 Å². The van der Waals surface area contributed by atoms with Crippen LogP contribution in [0.3, 0.4) is 0 Å². The van der Waals surface area contributed by atoms with Crippen LogP contribution in [0.4, 0.5) is 14.6 Å². The molecular weight excluding hydrogens is 342 g/mol. The molecule has 2 aromatic rings. The van der Waals surface area contributed by atoms with Gasteiger partial charge in [0.25, 0.3) is 6.43 Å². The largest absolute Gasteiger partial charge is 0.311 e. The summed E-state index contributed by atoms with van der Waals surface area (Å²) in [4.78, 5) is 23.6. The summed E-state index contributed by atoms with van der Waals surface area (Å²) in [6.07, 6.45) is 5.28. The number of hydrogen-bond donors (Lipinski definition) is 1. The van der Waals surface area contributed by atoms with Crippen LogP contribution in [0, 0.1) is 5.41 Å². The second kappa shape index (κ2) is 5.67. The summed E-state index contributed by atoms with van der Waals surface area (Å²) >= 11 is 0. The van der Waals surface area contributed by atoms with Crippen LogP contribution in [0.25, 0.3) is 11.2 Å². The van der Waals surface area contributed by atoms with Crippen LogP contribution in [0.5, 0.6) is 0 Å². The molecule has 3 saturated heterocycles. The number of carbonyl (C=O) groups is 1. The van der Waals surface area contributed by atoms with Crippen molar-refractivity contribution in [2.24, 2.45) is 5.41 Å². The molecule has 138 valence electrons. The molecule has 3 aliphatic heterocycles. The highest BCUT2D eigenvalue weighted by Crippen LogP contribution is 2.47. The van der Waals surface area contributed by atoms with Crippen molar-refractivity contribution in [2.75, 3.05) is 11.4 Å². The van der Waals surface area contributed by atoms with Gasteiger partial charge in [-0.05, 0) is 32.1 Å².